The number of thioether (sulfide) groups is 1. The van der Waals surface area contributed by atoms with Crippen molar-refractivity contribution in [2.45, 2.75) is 11.3 Å². The van der Waals surface area contributed by atoms with Crippen LogP contribution in [0, 0.1) is 0 Å². The van der Waals surface area contributed by atoms with Gasteiger partial charge in [0.2, 0.25) is 0 Å². The molecule has 0 atom stereocenters. The molecule has 1 N–H and O–H groups in total. The zero-order valence-electron chi connectivity index (χ0n) is 11.9. The first-order chi connectivity index (χ1) is 9.63. The third kappa shape index (κ3) is 7.33. The topological polar surface area (TPSA) is 24.5 Å². The molecule has 0 unspecified atom stereocenters. The molecular formula is C14H21ClN2OS2. The van der Waals surface area contributed by atoms with Crippen LogP contribution in [0.2, 0.25) is 5.02 Å². The fraction of sp³-hybridized carbons (Fsp3) is 0.500. The Morgan fingerprint density at radius 1 is 1.40 bits per heavy atom. The summed E-state index contributed by atoms with van der Waals surface area (Å²) in [7, 11) is 3.71. The molecule has 0 aliphatic rings. The van der Waals surface area contributed by atoms with Gasteiger partial charge in [0.05, 0.1) is 0 Å². The molecule has 112 valence electrons. The standard InChI is InChI=1S/C14H21ClN2OS2/c1-17(9-3-10-18-2)14(19)16-8-11-20-13-6-4-12(15)5-7-13/h4-7H,3,8-11H2,1-2H3,(H,16,19). The fourth-order valence-electron chi connectivity index (χ4n) is 1.54. The van der Waals surface area contributed by atoms with E-state index in [1.807, 2.05) is 36.2 Å². The zero-order valence-corrected chi connectivity index (χ0v) is 14.3. The van der Waals surface area contributed by atoms with E-state index in [4.69, 9.17) is 28.6 Å². The monoisotopic (exact) mass is 332 g/mol. The highest BCUT2D eigenvalue weighted by Crippen LogP contribution is 2.19. The largest absolute Gasteiger partial charge is 0.385 e. The van der Waals surface area contributed by atoms with Gasteiger partial charge in [0.15, 0.2) is 5.11 Å². The second-order valence-corrected chi connectivity index (χ2v) is 6.29. The quantitative estimate of drug-likeness (QED) is 0.447. The van der Waals surface area contributed by atoms with Gasteiger partial charge in [-0.1, -0.05) is 11.6 Å². The molecule has 0 aliphatic carbocycles. The summed E-state index contributed by atoms with van der Waals surface area (Å²) in [5.41, 5.74) is 0. The second-order valence-electron chi connectivity index (χ2n) is 4.30. The van der Waals surface area contributed by atoms with E-state index in [1.165, 1.54) is 4.90 Å². The molecule has 0 aliphatic heterocycles. The fourth-order valence-corrected chi connectivity index (χ4v) is 2.63. The summed E-state index contributed by atoms with van der Waals surface area (Å²) < 4.78 is 5.02. The number of hydrogen-bond acceptors (Lipinski definition) is 3. The Morgan fingerprint density at radius 3 is 2.75 bits per heavy atom. The van der Waals surface area contributed by atoms with Crippen LogP contribution in [0.3, 0.4) is 0 Å². The van der Waals surface area contributed by atoms with E-state index >= 15 is 0 Å². The maximum Gasteiger partial charge on any atom is 0.168 e. The average molecular weight is 333 g/mol. The maximum atomic E-state index is 5.85. The SMILES string of the molecule is COCCCN(C)C(=S)NCCSc1ccc(Cl)cc1. The lowest BCUT2D eigenvalue weighted by atomic mass is 10.4. The van der Waals surface area contributed by atoms with E-state index in [0.29, 0.717) is 0 Å². The first-order valence-electron chi connectivity index (χ1n) is 6.49. The van der Waals surface area contributed by atoms with Crippen LogP contribution >= 0.6 is 35.6 Å². The lowest BCUT2D eigenvalue weighted by Gasteiger charge is -2.20. The summed E-state index contributed by atoms with van der Waals surface area (Å²) in [6.45, 7) is 2.52. The second kappa shape index (κ2) is 10.3. The van der Waals surface area contributed by atoms with Crippen molar-refractivity contribution in [3.05, 3.63) is 29.3 Å². The average Bonchev–Trinajstić information content (AvgIpc) is 2.45. The van der Waals surface area contributed by atoms with Crippen molar-refractivity contribution < 1.29 is 4.74 Å². The van der Waals surface area contributed by atoms with Crippen LogP contribution in [0.25, 0.3) is 0 Å². The van der Waals surface area contributed by atoms with Crippen molar-refractivity contribution in [2.24, 2.45) is 0 Å². The van der Waals surface area contributed by atoms with E-state index in [-0.39, 0.29) is 0 Å². The molecule has 1 aromatic rings. The molecule has 20 heavy (non-hydrogen) atoms. The van der Waals surface area contributed by atoms with Crippen LogP contribution in [-0.2, 0) is 4.74 Å². The van der Waals surface area contributed by atoms with E-state index in [1.54, 1.807) is 18.9 Å². The van der Waals surface area contributed by atoms with Gasteiger partial charge in [-0.25, -0.2) is 0 Å². The predicted molar refractivity (Wildman–Crippen MR) is 91.9 cm³/mol. The molecule has 0 saturated heterocycles. The van der Waals surface area contributed by atoms with Crippen molar-refractivity contribution in [2.75, 3.05) is 39.6 Å². The number of nitrogens with one attached hydrogen (secondary N) is 1. The molecule has 3 nitrogen and oxygen atoms in total. The number of hydrogen-bond donors (Lipinski definition) is 1. The molecule has 0 bridgehead atoms. The van der Waals surface area contributed by atoms with E-state index in [9.17, 15) is 0 Å². The van der Waals surface area contributed by atoms with Gasteiger partial charge in [0.25, 0.3) is 0 Å². The van der Waals surface area contributed by atoms with Crippen molar-refractivity contribution in [1.82, 2.24) is 10.2 Å². The number of ether oxygens (including phenoxy) is 1. The molecule has 1 aromatic carbocycles. The summed E-state index contributed by atoms with van der Waals surface area (Å²) in [6.07, 6.45) is 0.981. The summed E-state index contributed by atoms with van der Waals surface area (Å²) in [4.78, 5) is 3.26. The van der Waals surface area contributed by atoms with Crippen LogP contribution < -0.4 is 5.32 Å². The van der Waals surface area contributed by atoms with Crippen LogP contribution in [0.15, 0.2) is 29.2 Å². The Balaban J connectivity index is 2.13. The van der Waals surface area contributed by atoms with Crippen molar-refractivity contribution in [3.8, 4) is 0 Å². The van der Waals surface area contributed by atoms with E-state index in [0.717, 1.165) is 42.0 Å². The minimum absolute atomic E-state index is 0.763. The van der Waals surface area contributed by atoms with Crippen molar-refractivity contribution in [1.29, 1.82) is 0 Å². The van der Waals surface area contributed by atoms with Gasteiger partial charge in [-0.3, -0.25) is 0 Å². The van der Waals surface area contributed by atoms with Crippen LogP contribution in [-0.4, -0.2) is 49.6 Å². The van der Waals surface area contributed by atoms with Gasteiger partial charge in [-0.2, -0.15) is 0 Å². The van der Waals surface area contributed by atoms with E-state index < -0.39 is 0 Å². The molecule has 0 spiro atoms. The summed E-state index contributed by atoms with van der Waals surface area (Å²) in [5.74, 6) is 0.966. The number of nitrogens with zero attached hydrogens (tertiary/aromatic N) is 1. The smallest absolute Gasteiger partial charge is 0.168 e. The molecule has 0 saturated carbocycles. The van der Waals surface area contributed by atoms with Gasteiger partial charge >= 0.3 is 0 Å². The minimum atomic E-state index is 0.763. The molecule has 0 amide bonds. The number of benzene rings is 1. The summed E-state index contributed by atoms with van der Waals surface area (Å²) in [6, 6.07) is 7.88. The Morgan fingerprint density at radius 2 is 2.10 bits per heavy atom. The Kier molecular flexibility index (Phi) is 9.02. The van der Waals surface area contributed by atoms with Gasteiger partial charge in [-0.05, 0) is 42.9 Å². The third-order valence-corrected chi connectivity index (χ3v) is 4.37. The molecule has 0 radical (unpaired) electrons. The van der Waals surface area contributed by atoms with Gasteiger partial charge in [-0.15, -0.1) is 11.8 Å². The number of thiocarbonyl (C=S) groups is 1. The third-order valence-electron chi connectivity index (χ3n) is 2.65. The first kappa shape index (κ1) is 17.6. The predicted octanol–water partition coefficient (Wildman–Crippen LogP) is 3.27. The normalized spacial score (nSPS) is 10.3. The van der Waals surface area contributed by atoms with Crippen molar-refractivity contribution >= 4 is 40.7 Å². The van der Waals surface area contributed by atoms with Gasteiger partial charge in [0, 0.05) is 49.5 Å². The summed E-state index contributed by atoms with van der Waals surface area (Å²) >= 11 is 13.0. The molecule has 0 aromatic heterocycles. The van der Waals surface area contributed by atoms with Crippen LogP contribution in [0.1, 0.15) is 6.42 Å². The lowest BCUT2D eigenvalue weighted by Crippen LogP contribution is -2.38. The Bertz CT molecular complexity index is 401. The lowest BCUT2D eigenvalue weighted by molar-refractivity contribution is 0.188. The number of rotatable bonds is 8. The highest BCUT2D eigenvalue weighted by atomic mass is 35.5. The molecule has 6 heteroatoms. The highest BCUT2D eigenvalue weighted by Gasteiger charge is 2.03. The first-order valence-corrected chi connectivity index (χ1v) is 8.27. The van der Waals surface area contributed by atoms with Gasteiger partial charge in [0.1, 0.15) is 0 Å². The zero-order chi connectivity index (χ0) is 14.8. The molecule has 1 rings (SSSR count). The molecule has 0 heterocycles. The number of halogens is 1. The Hall–Kier alpha value is -0.490. The van der Waals surface area contributed by atoms with Crippen LogP contribution in [0.5, 0.6) is 0 Å². The van der Waals surface area contributed by atoms with Crippen molar-refractivity contribution in [3.63, 3.8) is 0 Å². The molecule has 0 fully saturated rings. The number of methoxy groups -OCH3 is 1. The Labute approximate surface area is 136 Å². The minimum Gasteiger partial charge on any atom is -0.385 e. The molecular weight excluding hydrogens is 312 g/mol. The highest BCUT2D eigenvalue weighted by molar-refractivity contribution is 7.99. The van der Waals surface area contributed by atoms with Gasteiger partial charge < -0.3 is 15.0 Å². The maximum absolute atomic E-state index is 5.85. The van der Waals surface area contributed by atoms with E-state index in [2.05, 4.69) is 5.32 Å². The van der Waals surface area contributed by atoms with Crippen LogP contribution in [0.4, 0.5) is 0 Å². The summed E-state index contributed by atoms with van der Waals surface area (Å²) in [5, 5.41) is 4.82.